The van der Waals surface area contributed by atoms with E-state index >= 15 is 0 Å². The van der Waals surface area contributed by atoms with E-state index in [0.29, 0.717) is 17.0 Å². The van der Waals surface area contributed by atoms with Gasteiger partial charge in [-0.15, -0.1) is 0 Å². The van der Waals surface area contributed by atoms with Crippen LogP contribution in [0.1, 0.15) is 22.3 Å². The predicted octanol–water partition coefficient (Wildman–Crippen LogP) is 4.00. The van der Waals surface area contributed by atoms with Crippen LogP contribution in [0.15, 0.2) is 90.4 Å². The molecule has 0 amide bonds. The van der Waals surface area contributed by atoms with Crippen LogP contribution >= 0.6 is 0 Å². The molecular formula is C24H17FN4O. The van der Waals surface area contributed by atoms with E-state index in [4.69, 9.17) is 10.7 Å². The Bertz CT molecular complexity index is 1290. The summed E-state index contributed by atoms with van der Waals surface area (Å²) in [7, 11) is 0. The summed E-state index contributed by atoms with van der Waals surface area (Å²) in [6.07, 6.45) is 4.53. The zero-order valence-corrected chi connectivity index (χ0v) is 15.8. The standard InChI is InChI=1S/C24H17FN4O/c25-22-9-8-17(11-20(22)15-12-27-14-28-13-15)24(16-4-3-5-18(30)10-16)21-7-2-1-6-19(21)23(26)29-24/h1-14,30H,(H2,26,29). The lowest BCUT2D eigenvalue weighted by molar-refractivity contribution is 0.473. The Hall–Kier alpha value is -4.06. The van der Waals surface area contributed by atoms with Gasteiger partial charge in [0.1, 0.15) is 29.3 Å². The summed E-state index contributed by atoms with van der Waals surface area (Å²) in [5, 5.41) is 10.2. The molecule has 4 aromatic rings. The molecule has 0 fully saturated rings. The fourth-order valence-corrected chi connectivity index (χ4v) is 4.07. The van der Waals surface area contributed by atoms with Crippen molar-refractivity contribution in [3.05, 3.63) is 114 Å². The topological polar surface area (TPSA) is 84.4 Å². The van der Waals surface area contributed by atoms with Crippen molar-refractivity contribution >= 4 is 5.84 Å². The number of benzene rings is 3. The van der Waals surface area contributed by atoms with Crippen LogP contribution in [0.5, 0.6) is 5.75 Å². The number of aromatic nitrogens is 2. The van der Waals surface area contributed by atoms with Crippen LogP contribution in [0, 0.1) is 5.82 Å². The number of aromatic hydroxyl groups is 1. The molecule has 1 atom stereocenters. The van der Waals surface area contributed by atoms with Crippen molar-refractivity contribution in [1.29, 1.82) is 0 Å². The van der Waals surface area contributed by atoms with Gasteiger partial charge < -0.3 is 10.8 Å². The van der Waals surface area contributed by atoms with Gasteiger partial charge in [0.2, 0.25) is 0 Å². The molecule has 3 N–H and O–H groups in total. The lowest BCUT2D eigenvalue weighted by Gasteiger charge is -2.29. The largest absolute Gasteiger partial charge is 0.508 e. The van der Waals surface area contributed by atoms with E-state index in [9.17, 15) is 9.50 Å². The van der Waals surface area contributed by atoms with Crippen molar-refractivity contribution in [3.63, 3.8) is 0 Å². The van der Waals surface area contributed by atoms with Crippen molar-refractivity contribution < 1.29 is 9.50 Å². The Morgan fingerprint density at radius 2 is 1.60 bits per heavy atom. The Kier molecular flexibility index (Phi) is 4.06. The number of phenols is 1. The van der Waals surface area contributed by atoms with Gasteiger partial charge >= 0.3 is 0 Å². The Labute approximate surface area is 172 Å². The molecule has 1 aromatic heterocycles. The van der Waals surface area contributed by atoms with Gasteiger partial charge in [-0.05, 0) is 41.0 Å². The number of amidine groups is 1. The van der Waals surface area contributed by atoms with Crippen LogP contribution in [0.4, 0.5) is 4.39 Å². The lowest BCUT2D eigenvalue weighted by Crippen LogP contribution is -2.25. The molecule has 6 heteroatoms. The highest BCUT2D eigenvalue weighted by Crippen LogP contribution is 2.47. The second-order valence-corrected chi connectivity index (χ2v) is 7.13. The van der Waals surface area contributed by atoms with Crippen LogP contribution in [0.3, 0.4) is 0 Å². The average molecular weight is 396 g/mol. The zero-order chi connectivity index (χ0) is 20.7. The molecule has 0 bridgehead atoms. The minimum absolute atomic E-state index is 0.115. The SMILES string of the molecule is NC1=NC(c2cccc(O)c2)(c2ccc(F)c(-c3cncnc3)c2)c2ccccc21. The van der Waals surface area contributed by atoms with Gasteiger partial charge in [0.25, 0.3) is 0 Å². The van der Waals surface area contributed by atoms with Crippen molar-refractivity contribution in [2.24, 2.45) is 10.7 Å². The molecule has 0 aliphatic carbocycles. The second kappa shape index (κ2) is 6.77. The Morgan fingerprint density at radius 3 is 2.40 bits per heavy atom. The number of aliphatic imine (C=N–C) groups is 1. The van der Waals surface area contributed by atoms with Crippen LogP contribution in [0.25, 0.3) is 11.1 Å². The number of nitrogens with two attached hydrogens (primary N) is 1. The number of phenolic OH excluding ortho intramolecular Hbond substituents is 1. The summed E-state index contributed by atoms with van der Waals surface area (Å²) in [4.78, 5) is 12.9. The van der Waals surface area contributed by atoms with Crippen molar-refractivity contribution in [1.82, 2.24) is 9.97 Å². The third-order valence-electron chi connectivity index (χ3n) is 5.40. The summed E-state index contributed by atoms with van der Waals surface area (Å²) in [5.41, 5.74) is 9.36. The lowest BCUT2D eigenvalue weighted by atomic mass is 9.77. The molecule has 2 heterocycles. The number of nitrogens with zero attached hydrogens (tertiary/aromatic N) is 3. The monoisotopic (exact) mass is 396 g/mol. The summed E-state index contributed by atoms with van der Waals surface area (Å²) in [6, 6.07) is 19.4. The fraction of sp³-hybridized carbons (Fsp3) is 0.0417. The number of fused-ring (bicyclic) bond motifs is 1. The molecule has 3 aromatic carbocycles. The van der Waals surface area contributed by atoms with Gasteiger partial charge in [0.05, 0.1) is 0 Å². The summed E-state index contributed by atoms with van der Waals surface area (Å²) in [5.74, 6) is 0.120. The summed E-state index contributed by atoms with van der Waals surface area (Å²) in [6.45, 7) is 0. The maximum absolute atomic E-state index is 14.8. The van der Waals surface area contributed by atoms with E-state index in [1.54, 1.807) is 42.7 Å². The number of rotatable bonds is 3. The van der Waals surface area contributed by atoms with Gasteiger partial charge in [-0.3, -0.25) is 0 Å². The van der Waals surface area contributed by atoms with Crippen molar-refractivity contribution in [2.75, 3.05) is 0 Å². The van der Waals surface area contributed by atoms with Crippen LogP contribution in [0.2, 0.25) is 0 Å². The van der Waals surface area contributed by atoms with E-state index < -0.39 is 5.54 Å². The molecule has 1 aliphatic heterocycles. The molecule has 146 valence electrons. The molecule has 1 aliphatic rings. The number of halogens is 1. The van der Waals surface area contributed by atoms with E-state index in [1.165, 1.54) is 12.4 Å². The number of hydrogen-bond donors (Lipinski definition) is 2. The third kappa shape index (κ3) is 2.65. The maximum Gasteiger partial charge on any atom is 0.139 e. The maximum atomic E-state index is 14.8. The zero-order valence-electron chi connectivity index (χ0n) is 15.8. The van der Waals surface area contributed by atoms with Gasteiger partial charge in [-0.2, -0.15) is 0 Å². The molecule has 0 spiro atoms. The molecule has 0 radical (unpaired) electrons. The van der Waals surface area contributed by atoms with E-state index in [-0.39, 0.29) is 11.6 Å². The first-order valence-corrected chi connectivity index (χ1v) is 9.40. The fourth-order valence-electron chi connectivity index (χ4n) is 4.07. The molecule has 0 saturated heterocycles. The van der Waals surface area contributed by atoms with E-state index in [1.807, 2.05) is 30.3 Å². The van der Waals surface area contributed by atoms with Crippen LogP contribution in [-0.2, 0) is 5.54 Å². The second-order valence-electron chi connectivity index (χ2n) is 7.13. The minimum Gasteiger partial charge on any atom is -0.508 e. The van der Waals surface area contributed by atoms with E-state index in [2.05, 4.69) is 9.97 Å². The first-order valence-electron chi connectivity index (χ1n) is 9.40. The smallest absolute Gasteiger partial charge is 0.139 e. The van der Waals surface area contributed by atoms with Gasteiger partial charge in [0, 0.05) is 29.1 Å². The normalized spacial score (nSPS) is 17.4. The average Bonchev–Trinajstić information content (AvgIpc) is 3.08. The predicted molar refractivity (Wildman–Crippen MR) is 113 cm³/mol. The highest BCUT2D eigenvalue weighted by molar-refractivity contribution is 6.03. The first kappa shape index (κ1) is 18.0. The molecule has 1 unspecified atom stereocenters. The van der Waals surface area contributed by atoms with E-state index in [0.717, 1.165) is 22.3 Å². The molecule has 5 rings (SSSR count). The number of hydrogen-bond acceptors (Lipinski definition) is 5. The summed E-state index contributed by atoms with van der Waals surface area (Å²) < 4.78 is 14.8. The van der Waals surface area contributed by atoms with Crippen LogP contribution < -0.4 is 5.73 Å². The Morgan fingerprint density at radius 1 is 0.833 bits per heavy atom. The third-order valence-corrected chi connectivity index (χ3v) is 5.40. The van der Waals surface area contributed by atoms with Crippen LogP contribution in [-0.4, -0.2) is 20.9 Å². The molecule has 0 saturated carbocycles. The highest BCUT2D eigenvalue weighted by Gasteiger charge is 2.43. The highest BCUT2D eigenvalue weighted by atomic mass is 19.1. The van der Waals surface area contributed by atoms with Gasteiger partial charge in [0.15, 0.2) is 0 Å². The molecule has 30 heavy (non-hydrogen) atoms. The first-order chi connectivity index (χ1) is 14.6. The Balaban J connectivity index is 1.83. The van der Waals surface area contributed by atoms with Gasteiger partial charge in [-0.1, -0.05) is 42.5 Å². The molecule has 5 nitrogen and oxygen atoms in total. The van der Waals surface area contributed by atoms with Crippen molar-refractivity contribution in [2.45, 2.75) is 5.54 Å². The molecular weight excluding hydrogens is 379 g/mol. The minimum atomic E-state index is -1.02. The summed E-state index contributed by atoms with van der Waals surface area (Å²) >= 11 is 0. The van der Waals surface area contributed by atoms with Gasteiger partial charge in [-0.25, -0.2) is 19.4 Å². The quantitative estimate of drug-likeness (QED) is 0.548. The van der Waals surface area contributed by atoms with Crippen molar-refractivity contribution in [3.8, 4) is 16.9 Å².